The standard InChI is InChI=1S/C28H31N7OS/c1-18(2)35-14-10-21(32-35)24-22(20-7-5-4-6-8-20)23-26(34-13-9-19(17-34)11-16-36)30-25(31-28(23)37-24)27-29-12-15-33(27)3/h4-8,10,12,14-15,18-19,36H,9,11,13,16-17H2,1-3H3. The number of nitrogens with zero attached hydrogens (tertiary/aromatic N) is 7. The van der Waals surface area contributed by atoms with Crippen molar-refractivity contribution in [1.29, 1.82) is 0 Å². The van der Waals surface area contributed by atoms with E-state index in [0.717, 1.165) is 69.5 Å². The minimum atomic E-state index is 0.215. The summed E-state index contributed by atoms with van der Waals surface area (Å²) in [4.78, 5) is 19.2. The summed E-state index contributed by atoms with van der Waals surface area (Å²) in [6.45, 7) is 6.26. The molecule has 1 saturated heterocycles. The fraction of sp³-hybridized carbons (Fsp3) is 0.357. The molecule has 1 fully saturated rings. The second kappa shape index (κ2) is 9.72. The number of aliphatic hydroxyl groups is 1. The molecule has 0 amide bonds. The number of aryl methyl sites for hydroxylation is 1. The number of aromatic nitrogens is 6. The van der Waals surface area contributed by atoms with Gasteiger partial charge in [-0.3, -0.25) is 4.68 Å². The number of imidazole rings is 1. The van der Waals surface area contributed by atoms with Crippen molar-refractivity contribution in [3.8, 4) is 33.3 Å². The monoisotopic (exact) mass is 513 g/mol. The number of benzene rings is 1. The lowest BCUT2D eigenvalue weighted by molar-refractivity contribution is 0.263. The molecule has 190 valence electrons. The van der Waals surface area contributed by atoms with E-state index in [4.69, 9.17) is 15.1 Å². The van der Waals surface area contributed by atoms with E-state index in [1.807, 2.05) is 34.8 Å². The highest BCUT2D eigenvalue weighted by Crippen LogP contribution is 2.47. The van der Waals surface area contributed by atoms with Gasteiger partial charge in [0.25, 0.3) is 0 Å². The molecule has 9 heteroatoms. The largest absolute Gasteiger partial charge is 0.396 e. The van der Waals surface area contributed by atoms with E-state index in [9.17, 15) is 5.11 Å². The van der Waals surface area contributed by atoms with Crippen LogP contribution in [0.2, 0.25) is 0 Å². The molecule has 0 radical (unpaired) electrons. The summed E-state index contributed by atoms with van der Waals surface area (Å²) < 4.78 is 3.96. The fourth-order valence-electron chi connectivity index (χ4n) is 5.14. The molecule has 0 spiro atoms. The van der Waals surface area contributed by atoms with Gasteiger partial charge in [-0.2, -0.15) is 5.10 Å². The molecule has 0 saturated carbocycles. The zero-order valence-electron chi connectivity index (χ0n) is 21.4. The summed E-state index contributed by atoms with van der Waals surface area (Å²) in [7, 11) is 1.97. The third kappa shape index (κ3) is 4.32. The fourth-order valence-corrected chi connectivity index (χ4v) is 6.30. The van der Waals surface area contributed by atoms with Crippen molar-refractivity contribution >= 4 is 27.4 Å². The predicted octanol–water partition coefficient (Wildman–Crippen LogP) is 5.41. The highest BCUT2D eigenvalue weighted by molar-refractivity contribution is 7.22. The van der Waals surface area contributed by atoms with Crippen LogP contribution >= 0.6 is 11.3 Å². The lowest BCUT2D eigenvalue weighted by atomic mass is 10.0. The Kier molecular flexibility index (Phi) is 6.26. The predicted molar refractivity (Wildman–Crippen MR) is 149 cm³/mol. The van der Waals surface area contributed by atoms with Crippen LogP contribution in [-0.4, -0.2) is 54.1 Å². The van der Waals surface area contributed by atoms with Gasteiger partial charge in [0, 0.05) is 56.9 Å². The second-order valence-electron chi connectivity index (χ2n) is 9.97. The van der Waals surface area contributed by atoms with Gasteiger partial charge in [0.15, 0.2) is 11.6 Å². The van der Waals surface area contributed by atoms with Gasteiger partial charge in [-0.1, -0.05) is 30.3 Å². The lowest BCUT2D eigenvalue weighted by Gasteiger charge is -2.20. The molecule has 1 atom stereocenters. The third-order valence-electron chi connectivity index (χ3n) is 7.11. The number of anilines is 1. The van der Waals surface area contributed by atoms with E-state index in [1.165, 1.54) is 0 Å². The van der Waals surface area contributed by atoms with Crippen molar-refractivity contribution < 1.29 is 5.11 Å². The molecule has 5 aromatic rings. The van der Waals surface area contributed by atoms with Crippen LogP contribution in [0.1, 0.15) is 32.7 Å². The normalized spacial score (nSPS) is 15.9. The molecular weight excluding hydrogens is 482 g/mol. The van der Waals surface area contributed by atoms with Crippen molar-refractivity contribution in [2.75, 3.05) is 24.6 Å². The summed E-state index contributed by atoms with van der Waals surface area (Å²) in [6, 6.07) is 12.9. The molecule has 1 unspecified atom stereocenters. The first kappa shape index (κ1) is 23.8. The third-order valence-corrected chi connectivity index (χ3v) is 8.22. The van der Waals surface area contributed by atoms with Gasteiger partial charge in [-0.05, 0) is 44.2 Å². The number of rotatable bonds is 7. The molecule has 0 aliphatic carbocycles. The van der Waals surface area contributed by atoms with Crippen LogP contribution in [-0.2, 0) is 7.05 Å². The van der Waals surface area contributed by atoms with Gasteiger partial charge in [0.1, 0.15) is 16.3 Å². The molecule has 0 bridgehead atoms. The SMILES string of the molecule is CC(C)n1ccc(-c2sc3nc(-c4nccn4C)nc(N4CCC(CCO)C4)c3c2-c2ccccc2)n1. The Labute approximate surface area is 220 Å². The van der Waals surface area contributed by atoms with Crippen molar-refractivity contribution in [3.63, 3.8) is 0 Å². The summed E-state index contributed by atoms with van der Waals surface area (Å²) in [5.74, 6) is 2.76. The van der Waals surface area contributed by atoms with Crippen molar-refractivity contribution in [3.05, 3.63) is 55.0 Å². The molecule has 1 aliphatic heterocycles. The zero-order chi connectivity index (χ0) is 25.5. The maximum Gasteiger partial charge on any atom is 0.199 e. The van der Waals surface area contributed by atoms with Crippen LogP contribution in [0.4, 0.5) is 5.82 Å². The molecule has 1 aliphatic rings. The van der Waals surface area contributed by atoms with Gasteiger partial charge >= 0.3 is 0 Å². The van der Waals surface area contributed by atoms with Gasteiger partial charge in [0.05, 0.1) is 10.3 Å². The van der Waals surface area contributed by atoms with Crippen LogP contribution in [0.25, 0.3) is 43.6 Å². The topological polar surface area (TPSA) is 84.9 Å². The molecule has 4 aromatic heterocycles. The maximum atomic E-state index is 9.56. The van der Waals surface area contributed by atoms with Gasteiger partial charge in [-0.15, -0.1) is 11.3 Å². The van der Waals surface area contributed by atoms with Crippen LogP contribution < -0.4 is 4.90 Å². The average Bonchev–Trinajstić information content (AvgIpc) is 3.69. The van der Waals surface area contributed by atoms with E-state index in [0.29, 0.717) is 11.7 Å². The Morgan fingerprint density at radius 1 is 1.11 bits per heavy atom. The first-order chi connectivity index (χ1) is 18.0. The number of thiophene rings is 1. The zero-order valence-corrected chi connectivity index (χ0v) is 22.2. The minimum Gasteiger partial charge on any atom is -0.396 e. The average molecular weight is 514 g/mol. The van der Waals surface area contributed by atoms with E-state index >= 15 is 0 Å². The Morgan fingerprint density at radius 2 is 1.95 bits per heavy atom. The molecule has 1 aromatic carbocycles. The quantitative estimate of drug-likeness (QED) is 0.313. The summed E-state index contributed by atoms with van der Waals surface area (Å²) in [5.41, 5.74) is 3.20. The number of hydrogen-bond acceptors (Lipinski definition) is 7. The highest BCUT2D eigenvalue weighted by Gasteiger charge is 2.30. The summed E-state index contributed by atoms with van der Waals surface area (Å²) in [6.07, 6.45) is 7.60. The highest BCUT2D eigenvalue weighted by atomic mass is 32.1. The summed E-state index contributed by atoms with van der Waals surface area (Å²) in [5, 5.41) is 15.6. The van der Waals surface area contributed by atoms with E-state index in [2.05, 4.69) is 54.1 Å². The Balaban J connectivity index is 1.62. The molecule has 5 heterocycles. The smallest absolute Gasteiger partial charge is 0.199 e. The van der Waals surface area contributed by atoms with Gasteiger partial charge in [0.2, 0.25) is 0 Å². The van der Waals surface area contributed by atoms with E-state index in [-0.39, 0.29) is 12.6 Å². The van der Waals surface area contributed by atoms with Crippen molar-refractivity contribution in [1.82, 2.24) is 29.3 Å². The van der Waals surface area contributed by atoms with Crippen LogP contribution in [0.3, 0.4) is 0 Å². The number of fused-ring (bicyclic) bond motifs is 1. The number of hydrogen-bond donors (Lipinski definition) is 1. The Morgan fingerprint density at radius 3 is 2.65 bits per heavy atom. The molecule has 37 heavy (non-hydrogen) atoms. The first-order valence-corrected chi connectivity index (χ1v) is 13.6. The molecule has 6 rings (SSSR count). The van der Waals surface area contributed by atoms with Crippen molar-refractivity contribution in [2.24, 2.45) is 13.0 Å². The van der Waals surface area contributed by atoms with Gasteiger partial charge < -0.3 is 14.6 Å². The van der Waals surface area contributed by atoms with Crippen molar-refractivity contribution in [2.45, 2.75) is 32.7 Å². The lowest BCUT2D eigenvalue weighted by Crippen LogP contribution is -2.22. The van der Waals surface area contributed by atoms with E-state index < -0.39 is 0 Å². The van der Waals surface area contributed by atoms with Crippen LogP contribution in [0.5, 0.6) is 0 Å². The Hall–Kier alpha value is -3.56. The van der Waals surface area contributed by atoms with Crippen LogP contribution in [0.15, 0.2) is 55.0 Å². The summed E-state index contributed by atoms with van der Waals surface area (Å²) >= 11 is 1.67. The minimum absolute atomic E-state index is 0.215. The van der Waals surface area contributed by atoms with E-state index in [1.54, 1.807) is 17.5 Å². The second-order valence-corrected chi connectivity index (χ2v) is 11.0. The van der Waals surface area contributed by atoms with Gasteiger partial charge in [-0.25, -0.2) is 15.0 Å². The van der Waals surface area contributed by atoms with Crippen LogP contribution in [0, 0.1) is 5.92 Å². The molecule has 1 N–H and O–H groups in total. The number of aliphatic hydroxyl groups excluding tert-OH is 1. The molecule has 8 nitrogen and oxygen atoms in total. The first-order valence-electron chi connectivity index (χ1n) is 12.8. The Bertz CT molecular complexity index is 1530. The maximum absolute atomic E-state index is 9.56. The molecular formula is C28H31N7OS.